The number of benzene rings is 3. The lowest BCUT2D eigenvalue weighted by Crippen LogP contribution is -2.28. The Labute approximate surface area is 222 Å². The van der Waals surface area contributed by atoms with Gasteiger partial charge in [-0.05, 0) is 30.5 Å². The van der Waals surface area contributed by atoms with Crippen LogP contribution in [0.2, 0.25) is 0 Å². The number of rotatable bonds is 7. The molecule has 0 amide bonds. The Kier molecular flexibility index (Phi) is 7.33. The molecule has 1 aliphatic heterocycles. The average Bonchev–Trinajstić information content (AvgIpc) is 3.44. The zero-order chi connectivity index (χ0) is 27.9. The van der Waals surface area contributed by atoms with Gasteiger partial charge in [0.05, 0.1) is 17.8 Å². The molecule has 1 aromatic heterocycles. The average molecular weight is 547 g/mol. The zero-order valence-corrected chi connectivity index (χ0v) is 21.5. The highest BCUT2D eigenvalue weighted by atomic mass is 19.4. The Morgan fingerprint density at radius 3 is 2.33 bits per heavy atom. The van der Waals surface area contributed by atoms with Crippen molar-refractivity contribution in [1.82, 2.24) is 14.7 Å². The second kappa shape index (κ2) is 10.6. The van der Waals surface area contributed by atoms with Crippen LogP contribution < -0.4 is 5.32 Å². The molecule has 0 unspecified atom stereocenters. The molecule has 0 spiro atoms. The Morgan fingerprint density at radius 2 is 1.69 bits per heavy atom. The van der Waals surface area contributed by atoms with E-state index in [9.17, 15) is 26.3 Å². The van der Waals surface area contributed by atoms with Crippen LogP contribution in [0.15, 0.2) is 54.6 Å². The Hall–Kier alpha value is -3.53. The first kappa shape index (κ1) is 27.1. The molecule has 5 rings (SSSR count). The van der Waals surface area contributed by atoms with Crippen LogP contribution in [0.25, 0.3) is 22.2 Å². The number of likely N-dealkylation sites (tertiary alicyclic amines) is 1. The summed E-state index contributed by atoms with van der Waals surface area (Å²) in [4.78, 5) is 2.41. The Morgan fingerprint density at radius 1 is 1.00 bits per heavy atom. The van der Waals surface area contributed by atoms with Gasteiger partial charge in [-0.3, -0.25) is 4.68 Å². The topological polar surface area (TPSA) is 33.1 Å². The minimum atomic E-state index is -4.68. The number of fused-ring (bicyclic) bond motifs is 1. The van der Waals surface area contributed by atoms with Gasteiger partial charge in [-0.2, -0.15) is 18.3 Å². The molecule has 1 saturated heterocycles. The molecule has 0 aliphatic carbocycles. The van der Waals surface area contributed by atoms with E-state index in [1.165, 1.54) is 12.1 Å². The zero-order valence-electron chi connectivity index (χ0n) is 21.5. The molecule has 39 heavy (non-hydrogen) atoms. The van der Waals surface area contributed by atoms with Gasteiger partial charge < -0.3 is 10.2 Å². The molecule has 1 fully saturated rings. The van der Waals surface area contributed by atoms with Crippen LogP contribution in [0.1, 0.15) is 31.4 Å². The molecule has 4 aromatic rings. The molecule has 10 heteroatoms. The SMILES string of the molecule is CC(C)CN1CC[C@@H](Nc2ccc(-c3c4cccc(C(F)(F)F)c4nn3Cc3c(F)cc(F)cc3F)cc2)C1. The predicted molar refractivity (Wildman–Crippen MR) is 139 cm³/mol. The van der Waals surface area contributed by atoms with Gasteiger partial charge >= 0.3 is 6.18 Å². The summed E-state index contributed by atoms with van der Waals surface area (Å²) in [5.41, 5.74) is -0.124. The highest BCUT2D eigenvalue weighted by molar-refractivity contribution is 5.95. The van der Waals surface area contributed by atoms with Crippen molar-refractivity contribution in [3.05, 3.63) is 83.2 Å². The van der Waals surface area contributed by atoms with Gasteiger partial charge in [0, 0.05) is 60.0 Å². The number of hydrogen-bond donors (Lipinski definition) is 1. The number of hydrogen-bond acceptors (Lipinski definition) is 3. The maximum atomic E-state index is 14.5. The lowest BCUT2D eigenvalue weighted by molar-refractivity contribution is -0.136. The van der Waals surface area contributed by atoms with E-state index in [1.54, 1.807) is 12.1 Å². The fourth-order valence-corrected chi connectivity index (χ4v) is 5.27. The maximum absolute atomic E-state index is 14.5. The van der Waals surface area contributed by atoms with E-state index in [-0.39, 0.29) is 22.6 Å². The summed E-state index contributed by atoms with van der Waals surface area (Å²) in [7, 11) is 0. The number of halogens is 6. The summed E-state index contributed by atoms with van der Waals surface area (Å²) in [6.07, 6.45) is -3.68. The molecule has 1 N–H and O–H groups in total. The van der Waals surface area contributed by atoms with Gasteiger partial charge in [0.2, 0.25) is 0 Å². The Bertz CT molecular complexity index is 1450. The van der Waals surface area contributed by atoms with Crippen LogP contribution in [-0.2, 0) is 12.7 Å². The number of aromatic nitrogens is 2. The number of anilines is 1. The maximum Gasteiger partial charge on any atom is 0.418 e. The number of nitrogens with zero attached hydrogens (tertiary/aromatic N) is 3. The fraction of sp³-hybridized carbons (Fsp3) is 0.345. The van der Waals surface area contributed by atoms with Crippen LogP contribution in [0.5, 0.6) is 0 Å². The first-order valence-electron chi connectivity index (χ1n) is 12.8. The van der Waals surface area contributed by atoms with Gasteiger partial charge in [0.1, 0.15) is 23.0 Å². The van der Waals surface area contributed by atoms with Crippen molar-refractivity contribution >= 4 is 16.6 Å². The van der Waals surface area contributed by atoms with Crippen LogP contribution in [0.3, 0.4) is 0 Å². The Balaban J connectivity index is 1.51. The van der Waals surface area contributed by atoms with Crippen molar-refractivity contribution in [1.29, 1.82) is 0 Å². The van der Waals surface area contributed by atoms with Gasteiger partial charge in [-0.15, -0.1) is 0 Å². The van der Waals surface area contributed by atoms with Gasteiger partial charge in [0.25, 0.3) is 0 Å². The van der Waals surface area contributed by atoms with Gasteiger partial charge in [-0.25, -0.2) is 13.2 Å². The third kappa shape index (κ3) is 5.75. The van der Waals surface area contributed by atoms with E-state index >= 15 is 0 Å². The van der Waals surface area contributed by atoms with Crippen molar-refractivity contribution in [2.45, 2.75) is 39.0 Å². The van der Waals surface area contributed by atoms with Gasteiger partial charge in [-0.1, -0.05) is 38.1 Å². The molecule has 1 atom stereocenters. The number of nitrogens with one attached hydrogen (secondary N) is 1. The highest BCUT2D eigenvalue weighted by Gasteiger charge is 2.35. The molecule has 4 nitrogen and oxygen atoms in total. The second-order valence-electron chi connectivity index (χ2n) is 10.4. The predicted octanol–water partition coefficient (Wildman–Crippen LogP) is 7.33. The van der Waals surface area contributed by atoms with Crippen LogP contribution in [0.4, 0.5) is 32.0 Å². The van der Waals surface area contributed by atoms with Crippen molar-refractivity contribution < 1.29 is 26.3 Å². The van der Waals surface area contributed by atoms with Crippen LogP contribution in [-0.4, -0.2) is 40.4 Å². The lowest BCUT2D eigenvalue weighted by Gasteiger charge is -2.19. The largest absolute Gasteiger partial charge is 0.418 e. The van der Waals surface area contributed by atoms with E-state index in [4.69, 9.17) is 0 Å². The summed E-state index contributed by atoms with van der Waals surface area (Å²) in [5.74, 6) is -2.79. The molecule has 206 valence electrons. The normalized spacial score (nSPS) is 16.5. The highest BCUT2D eigenvalue weighted by Crippen LogP contribution is 2.38. The van der Waals surface area contributed by atoms with Crippen LogP contribution >= 0.6 is 0 Å². The lowest BCUT2D eigenvalue weighted by atomic mass is 10.0. The molecule has 0 bridgehead atoms. The second-order valence-corrected chi connectivity index (χ2v) is 10.4. The summed E-state index contributed by atoms with van der Waals surface area (Å²) in [5, 5.41) is 7.84. The first-order chi connectivity index (χ1) is 18.5. The summed E-state index contributed by atoms with van der Waals surface area (Å²) in [6.45, 7) is 6.81. The molecular weight excluding hydrogens is 518 g/mol. The van der Waals surface area contributed by atoms with E-state index in [0.29, 0.717) is 23.6 Å². The first-order valence-corrected chi connectivity index (χ1v) is 12.8. The van der Waals surface area contributed by atoms with Gasteiger partial charge in [0.15, 0.2) is 0 Å². The monoisotopic (exact) mass is 546 g/mol. The van der Waals surface area contributed by atoms with E-state index in [0.717, 1.165) is 42.5 Å². The van der Waals surface area contributed by atoms with E-state index in [2.05, 4.69) is 29.2 Å². The summed E-state index contributed by atoms with van der Waals surface area (Å²) >= 11 is 0. The minimum Gasteiger partial charge on any atom is -0.381 e. The van der Waals surface area contributed by atoms with E-state index < -0.39 is 41.3 Å². The molecule has 0 radical (unpaired) electrons. The van der Waals surface area contributed by atoms with Crippen molar-refractivity contribution in [2.75, 3.05) is 25.0 Å². The molecule has 2 heterocycles. The van der Waals surface area contributed by atoms with Crippen molar-refractivity contribution in [3.8, 4) is 11.3 Å². The van der Waals surface area contributed by atoms with E-state index in [1.807, 2.05) is 12.1 Å². The minimum absolute atomic E-state index is 0.189. The molecule has 0 saturated carbocycles. The third-order valence-corrected chi connectivity index (χ3v) is 6.91. The molecular formula is C29H28F6N4. The third-order valence-electron chi connectivity index (χ3n) is 6.91. The molecule has 1 aliphatic rings. The van der Waals surface area contributed by atoms with Crippen molar-refractivity contribution in [3.63, 3.8) is 0 Å². The summed E-state index contributed by atoms with van der Waals surface area (Å²) < 4.78 is 84.9. The quantitative estimate of drug-likeness (QED) is 0.247. The summed E-state index contributed by atoms with van der Waals surface area (Å²) in [6, 6.07) is 12.2. The number of alkyl halides is 3. The molecule has 3 aromatic carbocycles. The smallest absolute Gasteiger partial charge is 0.381 e. The standard InChI is InChI=1S/C29H28F6N4/c1-17(2)14-38-11-10-21(15-38)36-20-8-6-18(7-9-20)28-22-4-3-5-24(29(33,34)35)27(22)37-39(28)16-23-25(31)12-19(30)13-26(23)32/h3-9,12-13,17,21,36H,10-11,14-16H2,1-2H3/t21-/m1/s1. The van der Waals surface area contributed by atoms with Crippen LogP contribution in [0, 0.1) is 23.4 Å². The van der Waals surface area contributed by atoms with Crippen molar-refractivity contribution in [2.24, 2.45) is 5.92 Å². The fourth-order valence-electron chi connectivity index (χ4n) is 5.27.